The first-order chi connectivity index (χ1) is 14.2. The molecule has 0 bridgehead atoms. The number of anilines is 1. The van der Waals surface area contributed by atoms with E-state index in [4.69, 9.17) is 11.6 Å². The quantitative estimate of drug-likeness (QED) is 0.576. The van der Waals surface area contributed by atoms with Gasteiger partial charge in [-0.05, 0) is 42.0 Å². The van der Waals surface area contributed by atoms with Crippen LogP contribution in [0.4, 0.5) is 18.9 Å². The molecule has 10 heteroatoms. The topological polar surface area (TPSA) is 75.3 Å². The summed E-state index contributed by atoms with van der Waals surface area (Å²) in [6, 6.07) is 11.9. The van der Waals surface area contributed by atoms with Gasteiger partial charge >= 0.3 is 0 Å². The van der Waals surface area contributed by atoms with Gasteiger partial charge in [0.15, 0.2) is 11.6 Å². The van der Waals surface area contributed by atoms with E-state index < -0.39 is 38.9 Å². The molecule has 3 rings (SSSR count). The summed E-state index contributed by atoms with van der Waals surface area (Å²) in [7, 11) is -4.10. The summed E-state index contributed by atoms with van der Waals surface area (Å²) >= 11 is 6.00. The maximum Gasteiger partial charge on any atom is 0.258 e. The summed E-state index contributed by atoms with van der Waals surface area (Å²) in [4.78, 5) is 12.0. The lowest BCUT2D eigenvalue weighted by atomic mass is 10.2. The Balaban J connectivity index is 1.82. The molecule has 3 aromatic carbocycles. The lowest BCUT2D eigenvalue weighted by Gasteiger charge is -2.11. The number of nitrogens with one attached hydrogen (secondary N) is 2. The first-order valence-corrected chi connectivity index (χ1v) is 10.3. The van der Waals surface area contributed by atoms with E-state index in [1.165, 1.54) is 0 Å². The van der Waals surface area contributed by atoms with Crippen molar-refractivity contribution in [1.82, 2.24) is 4.72 Å². The van der Waals surface area contributed by atoms with Crippen molar-refractivity contribution in [3.05, 3.63) is 94.3 Å². The van der Waals surface area contributed by atoms with Crippen LogP contribution in [0.3, 0.4) is 0 Å². The van der Waals surface area contributed by atoms with Crippen molar-refractivity contribution >= 4 is 33.2 Å². The molecule has 2 N–H and O–H groups in total. The van der Waals surface area contributed by atoms with Gasteiger partial charge in [-0.2, -0.15) is 0 Å². The van der Waals surface area contributed by atoms with E-state index in [1.807, 2.05) is 0 Å². The molecule has 5 nitrogen and oxygen atoms in total. The second-order valence-corrected chi connectivity index (χ2v) is 8.31. The predicted molar refractivity (Wildman–Crippen MR) is 106 cm³/mol. The molecule has 0 radical (unpaired) electrons. The Bertz CT molecular complexity index is 1220. The van der Waals surface area contributed by atoms with Crippen LogP contribution in [-0.4, -0.2) is 14.3 Å². The molecule has 1 amide bonds. The number of halogens is 4. The molecular formula is C20H14ClF3N2O3S. The van der Waals surface area contributed by atoms with Gasteiger partial charge in [-0.3, -0.25) is 4.79 Å². The van der Waals surface area contributed by atoms with Gasteiger partial charge in [-0.25, -0.2) is 26.3 Å². The predicted octanol–water partition coefficient (Wildman–Crippen LogP) is 4.49. The third-order valence-electron chi connectivity index (χ3n) is 4.08. The highest BCUT2D eigenvalue weighted by molar-refractivity contribution is 7.89. The minimum absolute atomic E-state index is 0.115. The summed E-state index contributed by atoms with van der Waals surface area (Å²) in [6.07, 6.45) is 0. The van der Waals surface area contributed by atoms with Gasteiger partial charge in [0, 0.05) is 23.3 Å². The summed E-state index contributed by atoms with van der Waals surface area (Å²) in [5, 5.41) is 2.56. The van der Waals surface area contributed by atoms with E-state index >= 15 is 0 Å². The average Bonchev–Trinajstić information content (AvgIpc) is 2.70. The Labute approximate surface area is 175 Å². The Morgan fingerprint density at radius 1 is 0.900 bits per heavy atom. The van der Waals surface area contributed by atoms with E-state index in [-0.39, 0.29) is 17.1 Å². The van der Waals surface area contributed by atoms with Crippen molar-refractivity contribution in [3.63, 3.8) is 0 Å². The van der Waals surface area contributed by atoms with Gasteiger partial charge in [0.2, 0.25) is 10.0 Å². The van der Waals surface area contributed by atoms with Crippen LogP contribution < -0.4 is 10.0 Å². The van der Waals surface area contributed by atoms with Crippen molar-refractivity contribution in [1.29, 1.82) is 0 Å². The molecule has 0 aliphatic rings. The van der Waals surface area contributed by atoms with E-state index in [9.17, 15) is 26.4 Å². The summed E-state index contributed by atoms with van der Waals surface area (Å²) in [5.74, 6) is -4.33. The molecule has 0 saturated carbocycles. The van der Waals surface area contributed by atoms with Crippen molar-refractivity contribution < 1.29 is 26.4 Å². The van der Waals surface area contributed by atoms with Gasteiger partial charge in [-0.15, -0.1) is 0 Å². The maximum absolute atomic E-state index is 14.1. The van der Waals surface area contributed by atoms with E-state index in [0.29, 0.717) is 10.6 Å². The van der Waals surface area contributed by atoms with Crippen LogP contribution in [0.2, 0.25) is 5.02 Å². The Hall–Kier alpha value is -2.88. The molecule has 0 saturated heterocycles. The summed E-state index contributed by atoms with van der Waals surface area (Å²) in [5.41, 5.74) is -0.176. The van der Waals surface area contributed by atoms with Crippen LogP contribution in [0.5, 0.6) is 0 Å². The largest absolute Gasteiger partial charge is 0.322 e. The zero-order chi connectivity index (χ0) is 21.9. The Morgan fingerprint density at radius 2 is 1.60 bits per heavy atom. The van der Waals surface area contributed by atoms with Crippen LogP contribution >= 0.6 is 11.6 Å². The number of rotatable bonds is 6. The van der Waals surface area contributed by atoms with Gasteiger partial charge < -0.3 is 5.32 Å². The molecule has 0 aliphatic heterocycles. The lowest BCUT2D eigenvalue weighted by Crippen LogP contribution is -2.24. The normalized spacial score (nSPS) is 11.3. The third kappa shape index (κ3) is 4.99. The van der Waals surface area contributed by atoms with Crippen LogP contribution in [0.1, 0.15) is 15.9 Å². The van der Waals surface area contributed by atoms with Crippen LogP contribution in [0, 0.1) is 17.5 Å². The number of carbonyl (C=O) groups is 1. The average molecular weight is 455 g/mol. The molecule has 0 unspecified atom stereocenters. The fourth-order valence-corrected chi connectivity index (χ4v) is 3.75. The lowest BCUT2D eigenvalue weighted by molar-refractivity contribution is 0.102. The first-order valence-electron chi connectivity index (χ1n) is 8.46. The number of carbonyl (C=O) groups excluding carboxylic acids is 1. The fourth-order valence-electron chi connectivity index (χ4n) is 2.52. The second-order valence-electron chi connectivity index (χ2n) is 6.14. The molecule has 30 heavy (non-hydrogen) atoms. The van der Waals surface area contributed by atoms with Crippen LogP contribution in [-0.2, 0) is 16.6 Å². The molecule has 0 aromatic heterocycles. The highest BCUT2D eigenvalue weighted by atomic mass is 35.5. The number of sulfonamides is 1. The molecule has 0 fully saturated rings. The smallest absolute Gasteiger partial charge is 0.258 e. The number of hydrogen-bond donors (Lipinski definition) is 2. The zero-order valence-electron chi connectivity index (χ0n) is 15.1. The highest BCUT2D eigenvalue weighted by Crippen LogP contribution is 2.20. The van der Waals surface area contributed by atoms with E-state index in [1.54, 1.807) is 24.3 Å². The molecule has 156 valence electrons. The minimum Gasteiger partial charge on any atom is -0.322 e. The highest BCUT2D eigenvalue weighted by Gasteiger charge is 2.20. The molecule has 3 aromatic rings. The molecule has 0 spiro atoms. The second kappa shape index (κ2) is 8.86. The zero-order valence-corrected chi connectivity index (χ0v) is 16.7. The maximum atomic E-state index is 14.1. The molecule has 0 atom stereocenters. The standard InChI is InChI=1S/C20H14ClF3N2O3S/c21-16-4-2-1-3-12(16)11-25-30(28,29)14-6-8-17(22)15(10-14)20(27)26-13-5-7-18(23)19(24)9-13/h1-10,25H,11H2,(H,26,27). The first kappa shape index (κ1) is 21.8. The molecule has 0 heterocycles. The number of hydrogen-bond acceptors (Lipinski definition) is 3. The van der Waals surface area contributed by atoms with Crippen LogP contribution in [0.15, 0.2) is 65.6 Å². The number of benzene rings is 3. The van der Waals surface area contributed by atoms with Crippen molar-refractivity contribution in [2.45, 2.75) is 11.4 Å². The summed E-state index contributed by atoms with van der Waals surface area (Å²) in [6.45, 7) is -0.115. The summed E-state index contributed by atoms with van der Waals surface area (Å²) < 4.78 is 67.8. The monoisotopic (exact) mass is 454 g/mol. The van der Waals surface area contributed by atoms with E-state index in [0.717, 1.165) is 36.4 Å². The Morgan fingerprint density at radius 3 is 2.30 bits per heavy atom. The SMILES string of the molecule is O=C(Nc1ccc(F)c(F)c1)c1cc(S(=O)(=O)NCc2ccccc2Cl)ccc1F. The van der Waals surface area contributed by atoms with Gasteiger partial charge in [0.05, 0.1) is 10.5 Å². The van der Waals surface area contributed by atoms with Crippen molar-refractivity contribution in [2.24, 2.45) is 0 Å². The molecular weight excluding hydrogens is 441 g/mol. The van der Waals surface area contributed by atoms with Gasteiger partial charge in [0.1, 0.15) is 5.82 Å². The number of amides is 1. The molecule has 0 aliphatic carbocycles. The Kier molecular flexibility index (Phi) is 6.45. The van der Waals surface area contributed by atoms with Crippen LogP contribution in [0.25, 0.3) is 0 Å². The third-order valence-corrected chi connectivity index (χ3v) is 5.85. The minimum atomic E-state index is -4.10. The van der Waals surface area contributed by atoms with E-state index in [2.05, 4.69) is 10.0 Å². The van der Waals surface area contributed by atoms with Crippen molar-refractivity contribution in [3.8, 4) is 0 Å². The fraction of sp³-hybridized carbons (Fsp3) is 0.0500. The van der Waals surface area contributed by atoms with Crippen molar-refractivity contribution in [2.75, 3.05) is 5.32 Å². The van der Waals surface area contributed by atoms with Gasteiger partial charge in [-0.1, -0.05) is 29.8 Å². The van der Waals surface area contributed by atoms with Gasteiger partial charge in [0.25, 0.3) is 5.91 Å².